The van der Waals surface area contributed by atoms with Gasteiger partial charge in [-0.15, -0.1) is 0 Å². The normalized spacial score (nSPS) is 22.3. The molecule has 2 aromatic heterocycles. The molecular formula is C34H47F3N2O4Si. The number of ether oxygens (including phenoxy) is 2. The first kappa shape index (κ1) is 33.3. The highest BCUT2D eigenvalue weighted by Crippen LogP contribution is 2.52. The van der Waals surface area contributed by atoms with Crippen LogP contribution in [0.15, 0.2) is 24.4 Å². The Hall–Kier alpha value is -2.11. The van der Waals surface area contributed by atoms with Crippen LogP contribution >= 0.6 is 0 Å². The first-order valence-electron chi connectivity index (χ1n) is 15.8. The smallest absolute Gasteiger partial charge is 0.410 e. The van der Waals surface area contributed by atoms with Crippen LogP contribution in [0.5, 0.6) is 0 Å². The van der Waals surface area contributed by atoms with E-state index in [4.69, 9.17) is 18.9 Å². The number of rotatable bonds is 6. The second-order valence-electron chi connectivity index (χ2n) is 14.9. The molecule has 0 radical (unpaired) electrons. The molecular weight excluding hydrogens is 585 g/mol. The van der Waals surface area contributed by atoms with Gasteiger partial charge in [-0.1, -0.05) is 46.8 Å². The number of halogens is 3. The van der Waals surface area contributed by atoms with E-state index in [-0.39, 0.29) is 22.5 Å². The van der Waals surface area contributed by atoms with Crippen molar-refractivity contribution in [1.29, 1.82) is 0 Å². The number of aliphatic hydroxyl groups excluding tert-OH is 1. The number of aliphatic hydroxyl groups is 1. The molecule has 44 heavy (non-hydrogen) atoms. The molecule has 6 nitrogen and oxygen atoms in total. The molecule has 1 aliphatic carbocycles. The van der Waals surface area contributed by atoms with Crippen LogP contribution in [0.2, 0.25) is 18.1 Å². The standard InChI is InChI=1S/C34H47F3N2O4Si/c1-32(2,3)44(6,7)43-25-19-33(4,5)18-24-28(25)27(21-10-14-41-15-11-21)29(30(39-24)22-12-16-42-17-13-22)31(40)23-8-9-26(38-20-23)34(35,36)37/h8-10,20,22,25,31,40H,11-19H2,1-7H3/t25-,31?/m0/s1. The van der Waals surface area contributed by atoms with E-state index >= 15 is 0 Å². The maximum Gasteiger partial charge on any atom is 0.433 e. The molecule has 1 fully saturated rings. The molecule has 0 spiro atoms. The lowest BCUT2D eigenvalue weighted by atomic mass is 9.71. The highest BCUT2D eigenvalue weighted by molar-refractivity contribution is 6.74. The van der Waals surface area contributed by atoms with Crippen LogP contribution in [0, 0.1) is 5.41 Å². The zero-order valence-electron chi connectivity index (χ0n) is 27.1. The maximum atomic E-state index is 13.4. The Morgan fingerprint density at radius 1 is 1.07 bits per heavy atom. The van der Waals surface area contributed by atoms with E-state index in [1.165, 1.54) is 6.07 Å². The van der Waals surface area contributed by atoms with Crippen LogP contribution in [0.1, 0.15) is 118 Å². The first-order valence-corrected chi connectivity index (χ1v) is 18.7. The van der Waals surface area contributed by atoms with Crippen LogP contribution in [-0.2, 0) is 26.5 Å². The van der Waals surface area contributed by atoms with Crippen LogP contribution in [0.25, 0.3) is 5.57 Å². The van der Waals surface area contributed by atoms with E-state index in [0.29, 0.717) is 44.0 Å². The average Bonchev–Trinajstić information content (AvgIpc) is 2.95. The number of alkyl halides is 3. The fourth-order valence-corrected chi connectivity index (χ4v) is 7.75. The lowest BCUT2D eigenvalue weighted by molar-refractivity contribution is -0.141. The third kappa shape index (κ3) is 6.84. The summed E-state index contributed by atoms with van der Waals surface area (Å²) >= 11 is 0. The summed E-state index contributed by atoms with van der Waals surface area (Å²) in [6, 6.07) is 2.28. The van der Waals surface area contributed by atoms with Gasteiger partial charge in [-0.3, -0.25) is 9.97 Å². The summed E-state index contributed by atoms with van der Waals surface area (Å²) in [6.07, 6.45) is 0.950. The highest BCUT2D eigenvalue weighted by atomic mass is 28.4. The minimum absolute atomic E-state index is 0.0173. The van der Waals surface area contributed by atoms with Crippen LogP contribution in [0.4, 0.5) is 13.2 Å². The summed E-state index contributed by atoms with van der Waals surface area (Å²) in [4.78, 5) is 9.09. The van der Waals surface area contributed by atoms with E-state index in [0.717, 1.165) is 66.0 Å². The van der Waals surface area contributed by atoms with Crippen LogP contribution in [-0.4, -0.2) is 49.8 Å². The second-order valence-corrected chi connectivity index (χ2v) is 19.6. The molecule has 1 saturated heterocycles. The zero-order valence-corrected chi connectivity index (χ0v) is 28.1. The van der Waals surface area contributed by atoms with Crippen molar-refractivity contribution >= 4 is 13.9 Å². The Labute approximate surface area is 260 Å². The number of pyridine rings is 2. The number of aromatic nitrogens is 2. The number of fused-ring (bicyclic) bond motifs is 1. The molecule has 4 heterocycles. The molecule has 2 atom stereocenters. The lowest BCUT2D eigenvalue weighted by Crippen LogP contribution is -2.44. The monoisotopic (exact) mass is 632 g/mol. The van der Waals surface area contributed by atoms with Crippen LogP contribution in [0.3, 0.4) is 0 Å². The summed E-state index contributed by atoms with van der Waals surface area (Å²) in [7, 11) is -2.24. The van der Waals surface area contributed by atoms with E-state index in [1.807, 2.05) is 0 Å². The predicted molar refractivity (Wildman–Crippen MR) is 167 cm³/mol. The van der Waals surface area contributed by atoms with Gasteiger partial charge in [0, 0.05) is 47.7 Å². The minimum atomic E-state index is -4.57. The highest BCUT2D eigenvalue weighted by Gasteiger charge is 2.45. The van der Waals surface area contributed by atoms with Crippen molar-refractivity contribution in [2.75, 3.05) is 26.4 Å². The van der Waals surface area contributed by atoms with Gasteiger partial charge in [0.25, 0.3) is 0 Å². The Morgan fingerprint density at radius 3 is 2.34 bits per heavy atom. The summed E-state index contributed by atoms with van der Waals surface area (Å²) in [5, 5.41) is 12.2. The Bertz CT molecular complexity index is 1380. The van der Waals surface area contributed by atoms with Gasteiger partial charge in [0.05, 0.1) is 25.0 Å². The SMILES string of the molecule is CC1(C)Cc2nc(C3CCOCC3)c(C(O)c3ccc(C(F)(F)F)nc3)c(C3=CCOCC3)c2[C@@H](O[Si](C)(C)C(C)(C)C)C1. The molecule has 2 aliphatic heterocycles. The van der Waals surface area contributed by atoms with Crippen molar-refractivity contribution in [3.05, 3.63) is 63.7 Å². The van der Waals surface area contributed by atoms with Crippen molar-refractivity contribution in [3.8, 4) is 0 Å². The molecule has 0 amide bonds. The van der Waals surface area contributed by atoms with Crippen molar-refractivity contribution in [2.24, 2.45) is 5.41 Å². The molecule has 1 unspecified atom stereocenters. The lowest BCUT2D eigenvalue weighted by Gasteiger charge is -2.45. The topological polar surface area (TPSA) is 73.7 Å². The van der Waals surface area contributed by atoms with E-state index in [9.17, 15) is 18.3 Å². The molecule has 1 N–H and O–H groups in total. The predicted octanol–water partition coefficient (Wildman–Crippen LogP) is 8.31. The molecule has 2 aromatic rings. The van der Waals surface area contributed by atoms with Crippen molar-refractivity contribution in [1.82, 2.24) is 9.97 Å². The summed E-state index contributed by atoms with van der Waals surface area (Å²) < 4.78 is 58.8. The Morgan fingerprint density at radius 2 is 1.77 bits per heavy atom. The maximum absolute atomic E-state index is 13.4. The Balaban J connectivity index is 1.78. The van der Waals surface area contributed by atoms with Crippen molar-refractivity contribution in [3.63, 3.8) is 0 Å². The summed E-state index contributed by atoms with van der Waals surface area (Å²) in [5.74, 6) is 0.0464. The van der Waals surface area contributed by atoms with Gasteiger partial charge in [0.1, 0.15) is 11.8 Å². The molecule has 0 bridgehead atoms. The summed E-state index contributed by atoms with van der Waals surface area (Å²) in [6.45, 7) is 17.9. The van der Waals surface area contributed by atoms with Gasteiger partial charge < -0.3 is 19.0 Å². The fraction of sp³-hybridized carbons (Fsp3) is 0.647. The van der Waals surface area contributed by atoms with Crippen molar-refractivity contribution < 1.29 is 32.2 Å². The zero-order chi connectivity index (χ0) is 32.1. The minimum Gasteiger partial charge on any atom is -0.410 e. The molecule has 242 valence electrons. The molecule has 0 saturated carbocycles. The summed E-state index contributed by atoms with van der Waals surface area (Å²) in [5.41, 5.74) is 4.76. The van der Waals surface area contributed by atoms with Crippen molar-refractivity contribution in [2.45, 2.75) is 109 Å². The third-order valence-electron chi connectivity index (χ3n) is 9.89. The van der Waals surface area contributed by atoms with Gasteiger partial charge >= 0.3 is 6.18 Å². The third-order valence-corrected chi connectivity index (χ3v) is 14.4. The van der Waals surface area contributed by atoms with E-state index in [2.05, 4.69) is 58.8 Å². The second kappa shape index (κ2) is 12.2. The molecule has 10 heteroatoms. The van der Waals surface area contributed by atoms with Gasteiger partial charge in [-0.05, 0) is 72.9 Å². The van der Waals surface area contributed by atoms with E-state index < -0.39 is 26.3 Å². The van der Waals surface area contributed by atoms with E-state index in [1.54, 1.807) is 0 Å². The quantitative estimate of drug-likeness (QED) is 0.323. The van der Waals surface area contributed by atoms with Gasteiger partial charge in [0.2, 0.25) is 0 Å². The average molecular weight is 633 g/mol. The van der Waals surface area contributed by atoms with Gasteiger partial charge in [-0.25, -0.2) is 0 Å². The number of nitrogens with zero attached hydrogens (tertiary/aromatic N) is 2. The number of hydrogen-bond acceptors (Lipinski definition) is 6. The molecule has 3 aliphatic rings. The Kier molecular flexibility index (Phi) is 9.25. The molecule has 5 rings (SSSR count). The molecule has 0 aromatic carbocycles. The number of hydrogen-bond donors (Lipinski definition) is 1. The van der Waals surface area contributed by atoms with Gasteiger partial charge in [-0.2, -0.15) is 13.2 Å². The van der Waals surface area contributed by atoms with Crippen LogP contribution < -0.4 is 0 Å². The first-order chi connectivity index (χ1) is 20.5. The largest absolute Gasteiger partial charge is 0.433 e. The van der Waals surface area contributed by atoms with Gasteiger partial charge in [0.15, 0.2) is 8.32 Å². The fourth-order valence-electron chi connectivity index (χ4n) is 6.49.